The molecule has 5 nitrogen and oxygen atoms in total. The Morgan fingerprint density at radius 1 is 1.60 bits per heavy atom. The first-order chi connectivity index (χ1) is 7.34. The summed E-state index contributed by atoms with van der Waals surface area (Å²) in [4.78, 5) is 0. The lowest BCUT2D eigenvalue weighted by Crippen LogP contribution is -2.37. The second-order valence-electron chi connectivity index (χ2n) is 3.68. The van der Waals surface area contributed by atoms with Crippen LogP contribution in [0.4, 0.5) is 0 Å². The molecule has 1 unspecified atom stereocenters. The van der Waals surface area contributed by atoms with Crippen LogP contribution in [-0.4, -0.2) is 42.2 Å². The van der Waals surface area contributed by atoms with E-state index in [1.807, 2.05) is 19.3 Å². The standard InChI is InChI=1S/C10H17N3O2/c1-13-3-2-9(12-13)6-11-7-10-8-14-4-5-15-10/h2-3,10-11H,4-8H2,1H3. The number of hydrogen-bond donors (Lipinski definition) is 1. The predicted molar refractivity (Wildman–Crippen MR) is 55.5 cm³/mol. The molecule has 15 heavy (non-hydrogen) atoms. The molecule has 1 fully saturated rings. The molecule has 1 aliphatic heterocycles. The molecule has 1 atom stereocenters. The van der Waals surface area contributed by atoms with Crippen molar-refractivity contribution in [1.29, 1.82) is 0 Å². The van der Waals surface area contributed by atoms with E-state index in [2.05, 4.69) is 10.4 Å². The second-order valence-corrected chi connectivity index (χ2v) is 3.68. The highest BCUT2D eigenvalue weighted by Crippen LogP contribution is 1.99. The monoisotopic (exact) mass is 211 g/mol. The van der Waals surface area contributed by atoms with E-state index in [-0.39, 0.29) is 6.10 Å². The minimum Gasteiger partial charge on any atom is -0.376 e. The largest absolute Gasteiger partial charge is 0.376 e. The molecule has 5 heteroatoms. The van der Waals surface area contributed by atoms with Crippen molar-refractivity contribution in [3.05, 3.63) is 18.0 Å². The number of aromatic nitrogens is 2. The van der Waals surface area contributed by atoms with Gasteiger partial charge in [-0.25, -0.2) is 0 Å². The molecule has 0 radical (unpaired) electrons. The number of ether oxygens (including phenoxy) is 2. The Morgan fingerprint density at radius 2 is 2.53 bits per heavy atom. The predicted octanol–water partition coefficient (Wildman–Crippen LogP) is -0.0749. The van der Waals surface area contributed by atoms with Crippen molar-refractivity contribution in [3.63, 3.8) is 0 Å². The molecule has 0 spiro atoms. The van der Waals surface area contributed by atoms with E-state index >= 15 is 0 Å². The summed E-state index contributed by atoms with van der Waals surface area (Å²) in [6.07, 6.45) is 2.12. The molecule has 0 aliphatic carbocycles. The van der Waals surface area contributed by atoms with Crippen LogP contribution in [0.2, 0.25) is 0 Å². The molecule has 0 amide bonds. The zero-order chi connectivity index (χ0) is 10.5. The lowest BCUT2D eigenvalue weighted by atomic mass is 10.3. The fourth-order valence-electron chi connectivity index (χ4n) is 1.57. The van der Waals surface area contributed by atoms with Gasteiger partial charge in [0.1, 0.15) is 0 Å². The fourth-order valence-corrected chi connectivity index (χ4v) is 1.57. The smallest absolute Gasteiger partial charge is 0.0933 e. The topological polar surface area (TPSA) is 48.3 Å². The zero-order valence-electron chi connectivity index (χ0n) is 8.98. The van der Waals surface area contributed by atoms with Crippen LogP contribution in [0.5, 0.6) is 0 Å². The molecule has 0 bridgehead atoms. The first kappa shape index (κ1) is 10.6. The highest BCUT2D eigenvalue weighted by Gasteiger charge is 2.13. The van der Waals surface area contributed by atoms with E-state index in [4.69, 9.17) is 9.47 Å². The van der Waals surface area contributed by atoms with E-state index in [1.165, 1.54) is 0 Å². The normalized spacial score (nSPS) is 21.8. The van der Waals surface area contributed by atoms with Gasteiger partial charge in [-0.2, -0.15) is 5.10 Å². The summed E-state index contributed by atoms with van der Waals surface area (Å²) < 4.78 is 12.6. The summed E-state index contributed by atoms with van der Waals surface area (Å²) in [6, 6.07) is 2.01. The Balaban J connectivity index is 1.65. The molecule has 0 saturated carbocycles. The van der Waals surface area contributed by atoms with Crippen LogP contribution in [0.3, 0.4) is 0 Å². The average molecular weight is 211 g/mol. The summed E-state index contributed by atoms with van der Waals surface area (Å²) in [5, 5.41) is 7.58. The van der Waals surface area contributed by atoms with Gasteiger partial charge in [0, 0.05) is 26.3 Å². The number of aryl methyl sites for hydroxylation is 1. The molecule has 1 aromatic rings. The van der Waals surface area contributed by atoms with Gasteiger partial charge in [-0.1, -0.05) is 0 Å². The Kier molecular flexibility index (Phi) is 3.71. The van der Waals surface area contributed by atoms with Crippen LogP contribution >= 0.6 is 0 Å². The van der Waals surface area contributed by atoms with Gasteiger partial charge in [0.25, 0.3) is 0 Å². The third-order valence-electron chi connectivity index (χ3n) is 2.33. The molecule has 1 N–H and O–H groups in total. The van der Waals surface area contributed by atoms with E-state index in [9.17, 15) is 0 Å². The molecular weight excluding hydrogens is 194 g/mol. The zero-order valence-corrected chi connectivity index (χ0v) is 8.98. The maximum atomic E-state index is 5.51. The number of nitrogens with zero attached hydrogens (tertiary/aromatic N) is 2. The summed E-state index contributed by atoms with van der Waals surface area (Å²) >= 11 is 0. The Hall–Kier alpha value is -0.910. The highest BCUT2D eigenvalue weighted by atomic mass is 16.6. The van der Waals surface area contributed by atoms with Crippen molar-refractivity contribution in [2.24, 2.45) is 7.05 Å². The minimum absolute atomic E-state index is 0.183. The summed E-state index contributed by atoms with van der Waals surface area (Å²) in [5.41, 5.74) is 1.05. The van der Waals surface area contributed by atoms with Crippen molar-refractivity contribution in [3.8, 4) is 0 Å². The first-order valence-corrected chi connectivity index (χ1v) is 5.23. The third kappa shape index (κ3) is 3.30. The van der Waals surface area contributed by atoms with Crippen molar-refractivity contribution in [2.75, 3.05) is 26.4 Å². The Morgan fingerprint density at radius 3 is 3.20 bits per heavy atom. The molecular formula is C10H17N3O2. The van der Waals surface area contributed by atoms with Crippen LogP contribution < -0.4 is 5.32 Å². The van der Waals surface area contributed by atoms with Gasteiger partial charge >= 0.3 is 0 Å². The van der Waals surface area contributed by atoms with Crippen molar-refractivity contribution < 1.29 is 9.47 Å². The first-order valence-electron chi connectivity index (χ1n) is 5.23. The number of hydrogen-bond acceptors (Lipinski definition) is 4. The molecule has 84 valence electrons. The highest BCUT2D eigenvalue weighted by molar-refractivity contribution is 4.97. The van der Waals surface area contributed by atoms with Crippen LogP contribution in [0.1, 0.15) is 5.69 Å². The summed E-state index contributed by atoms with van der Waals surface area (Å²) in [7, 11) is 1.92. The number of rotatable bonds is 4. The molecule has 2 rings (SSSR count). The van der Waals surface area contributed by atoms with Gasteiger partial charge in [0.05, 0.1) is 31.6 Å². The van der Waals surface area contributed by atoms with Crippen LogP contribution in [0, 0.1) is 0 Å². The van der Waals surface area contributed by atoms with Crippen LogP contribution in [-0.2, 0) is 23.1 Å². The minimum atomic E-state index is 0.183. The van der Waals surface area contributed by atoms with Crippen molar-refractivity contribution >= 4 is 0 Å². The summed E-state index contributed by atoms with van der Waals surface area (Å²) in [6.45, 7) is 3.71. The van der Waals surface area contributed by atoms with E-state index in [1.54, 1.807) is 4.68 Å². The maximum Gasteiger partial charge on any atom is 0.0933 e. The summed E-state index contributed by atoms with van der Waals surface area (Å²) in [5.74, 6) is 0. The van der Waals surface area contributed by atoms with Crippen LogP contribution in [0.25, 0.3) is 0 Å². The SMILES string of the molecule is Cn1ccc(CNCC2COCCO2)n1. The van der Waals surface area contributed by atoms with E-state index in [0.29, 0.717) is 13.2 Å². The van der Waals surface area contributed by atoms with Gasteiger partial charge in [0.15, 0.2) is 0 Å². The molecule has 0 aromatic carbocycles. The lowest BCUT2D eigenvalue weighted by molar-refractivity contribution is -0.0864. The second kappa shape index (κ2) is 5.25. The van der Waals surface area contributed by atoms with E-state index < -0.39 is 0 Å². The molecule has 1 aromatic heterocycles. The van der Waals surface area contributed by atoms with Crippen molar-refractivity contribution in [1.82, 2.24) is 15.1 Å². The van der Waals surface area contributed by atoms with Gasteiger partial charge in [-0.05, 0) is 6.07 Å². The van der Waals surface area contributed by atoms with Crippen LogP contribution in [0.15, 0.2) is 12.3 Å². The number of nitrogens with one attached hydrogen (secondary N) is 1. The van der Waals surface area contributed by atoms with Gasteiger partial charge in [0.2, 0.25) is 0 Å². The Labute approximate surface area is 89.4 Å². The Bertz CT molecular complexity index is 295. The average Bonchev–Trinajstić information content (AvgIpc) is 2.66. The molecule has 1 aliphatic rings. The fraction of sp³-hybridized carbons (Fsp3) is 0.700. The van der Waals surface area contributed by atoms with Gasteiger partial charge in [-0.3, -0.25) is 4.68 Å². The van der Waals surface area contributed by atoms with Crippen molar-refractivity contribution in [2.45, 2.75) is 12.6 Å². The quantitative estimate of drug-likeness (QED) is 0.757. The van der Waals surface area contributed by atoms with E-state index in [0.717, 1.165) is 25.4 Å². The molecule has 2 heterocycles. The van der Waals surface area contributed by atoms with Gasteiger partial charge in [-0.15, -0.1) is 0 Å². The lowest BCUT2D eigenvalue weighted by Gasteiger charge is -2.22. The maximum absolute atomic E-state index is 5.51. The third-order valence-corrected chi connectivity index (χ3v) is 2.33. The van der Waals surface area contributed by atoms with Gasteiger partial charge < -0.3 is 14.8 Å². The molecule has 1 saturated heterocycles.